The Morgan fingerprint density at radius 3 is 2.54 bits per heavy atom. The van der Waals surface area contributed by atoms with Crippen LogP contribution in [-0.2, 0) is 33.8 Å². The molecule has 0 aromatic heterocycles. The molecule has 6 nitrogen and oxygen atoms in total. The average Bonchev–Trinajstić information content (AvgIpc) is 2.77. The van der Waals surface area contributed by atoms with E-state index < -0.39 is 12.2 Å². The SMILES string of the molecule is O=C(OCc1ccccc1)N1CCOC(C(=O)N2CCc3ccccc3C2)C1. The number of carbonyl (C=O) groups excluding carboxylic acids is 2. The second-order valence-corrected chi connectivity index (χ2v) is 7.12. The molecule has 2 aliphatic rings. The van der Waals surface area contributed by atoms with Gasteiger partial charge in [0.1, 0.15) is 6.61 Å². The highest BCUT2D eigenvalue weighted by atomic mass is 16.6. The Labute approximate surface area is 164 Å². The molecule has 1 fully saturated rings. The van der Waals surface area contributed by atoms with Gasteiger partial charge in [0.2, 0.25) is 0 Å². The maximum absolute atomic E-state index is 12.9. The topological polar surface area (TPSA) is 59.1 Å². The van der Waals surface area contributed by atoms with Crippen LogP contribution in [-0.4, -0.2) is 54.1 Å². The summed E-state index contributed by atoms with van der Waals surface area (Å²) in [5.41, 5.74) is 3.41. The van der Waals surface area contributed by atoms with Crippen molar-refractivity contribution < 1.29 is 19.1 Å². The smallest absolute Gasteiger partial charge is 0.410 e. The summed E-state index contributed by atoms with van der Waals surface area (Å²) in [6, 6.07) is 17.7. The molecule has 4 rings (SSSR count). The van der Waals surface area contributed by atoms with Crippen LogP contribution in [0.25, 0.3) is 0 Å². The predicted molar refractivity (Wildman–Crippen MR) is 104 cm³/mol. The molecule has 2 aromatic rings. The van der Waals surface area contributed by atoms with E-state index in [1.807, 2.05) is 47.4 Å². The minimum Gasteiger partial charge on any atom is -0.445 e. The van der Waals surface area contributed by atoms with Crippen LogP contribution in [0.1, 0.15) is 16.7 Å². The van der Waals surface area contributed by atoms with E-state index in [1.54, 1.807) is 4.90 Å². The molecule has 146 valence electrons. The van der Waals surface area contributed by atoms with Crippen LogP contribution < -0.4 is 0 Å². The van der Waals surface area contributed by atoms with Gasteiger partial charge in [0.15, 0.2) is 6.10 Å². The molecule has 0 saturated carbocycles. The minimum atomic E-state index is -0.636. The fourth-order valence-corrected chi connectivity index (χ4v) is 3.66. The van der Waals surface area contributed by atoms with Crippen molar-refractivity contribution in [2.75, 3.05) is 26.2 Å². The number of hydrogen-bond acceptors (Lipinski definition) is 4. The van der Waals surface area contributed by atoms with Crippen LogP contribution in [0.5, 0.6) is 0 Å². The molecule has 0 aliphatic carbocycles. The molecule has 2 heterocycles. The van der Waals surface area contributed by atoms with E-state index in [9.17, 15) is 9.59 Å². The predicted octanol–water partition coefficient (Wildman–Crippen LogP) is 2.61. The van der Waals surface area contributed by atoms with E-state index in [1.165, 1.54) is 11.1 Å². The quantitative estimate of drug-likeness (QED) is 0.821. The second kappa shape index (κ2) is 8.44. The summed E-state index contributed by atoms with van der Waals surface area (Å²) in [6.07, 6.45) is -0.200. The van der Waals surface area contributed by atoms with Gasteiger partial charge >= 0.3 is 6.09 Å². The number of carbonyl (C=O) groups is 2. The molecule has 2 amide bonds. The van der Waals surface area contributed by atoms with Gasteiger partial charge in [-0.05, 0) is 23.1 Å². The van der Waals surface area contributed by atoms with Crippen molar-refractivity contribution in [2.24, 2.45) is 0 Å². The number of amides is 2. The number of ether oxygens (including phenoxy) is 2. The molecule has 0 radical (unpaired) electrons. The monoisotopic (exact) mass is 380 g/mol. The summed E-state index contributed by atoms with van der Waals surface area (Å²) in [7, 11) is 0. The Bertz CT molecular complexity index is 839. The molecule has 1 atom stereocenters. The van der Waals surface area contributed by atoms with E-state index in [0.717, 1.165) is 12.0 Å². The maximum atomic E-state index is 12.9. The first-order valence-electron chi connectivity index (χ1n) is 9.63. The van der Waals surface area contributed by atoms with Gasteiger partial charge in [-0.1, -0.05) is 54.6 Å². The third kappa shape index (κ3) is 4.17. The number of rotatable bonds is 3. The fraction of sp³-hybridized carbons (Fsp3) is 0.364. The van der Waals surface area contributed by atoms with E-state index >= 15 is 0 Å². The number of benzene rings is 2. The first-order valence-corrected chi connectivity index (χ1v) is 9.63. The zero-order valence-corrected chi connectivity index (χ0v) is 15.8. The molecule has 28 heavy (non-hydrogen) atoms. The Kier molecular flexibility index (Phi) is 5.58. The molecule has 1 saturated heterocycles. The molecule has 0 spiro atoms. The number of hydrogen-bond donors (Lipinski definition) is 0. The zero-order chi connectivity index (χ0) is 19.3. The summed E-state index contributed by atoms with van der Waals surface area (Å²) in [4.78, 5) is 28.7. The molecule has 6 heteroatoms. The van der Waals surface area contributed by atoms with Crippen LogP contribution >= 0.6 is 0 Å². The zero-order valence-electron chi connectivity index (χ0n) is 15.8. The highest BCUT2D eigenvalue weighted by Gasteiger charge is 2.34. The van der Waals surface area contributed by atoms with E-state index in [4.69, 9.17) is 9.47 Å². The molecule has 2 aliphatic heterocycles. The summed E-state index contributed by atoms with van der Waals surface area (Å²) in [5, 5.41) is 0. The van der Waals surface area contributed by atoms with Crippen molar-refractivity contribution in [3.63, 3.8) is 0 Å². The average molecular weight is 380 g/mol. The summed E-state index contributed by atoms with van der Waals surface area (Å²) in [5.74, 6) is -0.0601. The third-order valence-electron chi connectivity index (χ3n) is 5.25. The van der Waals surface area contributed by atoms with Crippen LogP contribution in [0.15, 0.2) is 54.6 Å². The van der Waals surface area contributed by atoms with Gasteiger partial charge in [-0.15, -0.1) is 0 Å². The number of nitrogens with zero attached hydrogens (tertiary/aromatic N) is 2. The van der Waals surface area contributed by atoms with Crippen molar-refractivity contribution in [2.45, 2.75) is 25.7 Å². The lowest BCUT2D eigenvalue weighted by atomic mass is 9.99. The van der Waals surface area contributed by atoms with Crippen molar-refractivity contribution in [1.82, 2.24) is 9.80 Å². The van der Waals surface area contributed by atoms with Crippen LogP contribution in [0.2, 0.25) is 0 Å². The fourth-order valence-electron chi connectivity index (χ4n) is 3.66. The van der Waals surface area contributed by atoms with Crippen LogP contribution in [0, 0.1) is 0 Å². The van der Waals surface area contributed by atoms with Gasteiger partial charge in [0.05, 0.1) is 13.2 Å². The van der Waals surface area contributed by atoms with Gasteiger partial charge in [0.25, 0.3) is 5.91 Å². The lowest BCUT2D eigenvalue weighted by molar-refractivity contribution is -0.149. The first-order chi connectivity index (χ1) is 13.7. The highest BCUT2D eigenvalue weighted by Crippen LogP contribution is 2.20. The summed E-state index contributed by atoms with van der Waals surface area (Å²) in [6.45, 7) is 2.48. The van der Waals surface area contributed by atoms with Gasteiger partial charge < -0.3 is 19.3 Å². The lowest BCUT2D eigenvalue weighted by Crippen LogP contribution is -2.53. The first kappa shape index (κ1) is 18.5. The van der Waals surface area contributed by atoms with Crippen molar-refractivity contribution in [1.29, 1.82) is 0 Å². The molecule has 0 N–H and O–H groups in total. The minimum absolute atomic E-state index is 0.0601. The van der Waals surface area contributed by atoms with Crippen molar-refractivity contribution in [3.05, 3.63) is 71.3 Å². The van der Waals surface area contributed by atoms with E-state index in [-0.39, 0.29) is 19.1 Å². The van der Waals surface area contributed by atoms with Gasteiger partial charge in [-0.2, -0.15) is 0 Å². The third-order valence-corrected chi connectivity index (χ3v) is 5.25. The molecular formula is C22H24N2O4. The van der Waals surface area contributed by atoms with Crippen molar-refractivity contribution in [3.8, 4) is 0 Å². The maximum Gasteiger partial charge on any atom is 0.410 e. The summed E-state index contributed by atoms with van der Waals surface area (Å²) >= 11 is 0. The largest absolute Gasteiger partial charge is 0.445 e. The molecule has 2 aromatic carbocycles. The van der Waals surface area contributed by atoms with Crippen LogP contribution in [0.4, 0.5) is 4.79 Å². The van der Waals surface area contributed by atoms with Gasteiger partial charge in [0, 0.05) is 19.6 Å². The van der Waals surface area contributed by atoms with E-state index in [2.05, 4.69) is 12.1 Å². The van der Waals surface area contributed by atoms with Crippen molar-refractivity contribution >= 4 is 12.0 Å². The molecule has 0 bridgehead atoms. The normalized spacial score (nSPS) is 19.1. The summed E-state index contributed by atoms with van der Waals surface area (Å²) < 4.78 is 11.1. The Morgan fingerprint density at radius 1 is 0.964 bits per heavy atom. The van der Waals surface area contributed by atoms with Gasteiger partial charge in [-0.25, -0.2) is 4.79 Å². The van der Waals surface area contributed by atoms with Crippen LogP contribution in [0.3, 0.4) is 0 Å². The number of fused-ring (bicyclic) bond motifs is 1. The molecule has 1 unspecified atom stereocenters. The number of morpholine rings is 1. The highest BCUT2D eigenvalue weighted by molar-refractivity contribution is 5.82. The Hall–Kier alpha value is -2.86. The standard InChI is InChI=1S/C22H24N2O4/c25-21(23-11-10-18-8-4-5-9-19(18)14-23)20-15-24(12-13-27-20)22(26)28-16-17-6-2-1-3-7-17/h1-9,20H,10-16H2. The second-order valence-electron chi connectivity index (χ2n) is 7.12. The molecular weight excluding hydrogens is 356 g/mol. The van der Waals surface area contributed by atoms with Gasteiger partial charge in [-0.3, -0.25) is 4.79 Å². The lowest BCUT2D eigenvalue weighted by Gasteiger charge is -2.36. The van der Waals surface area contributed by atoms with E-state index in [0.29, 0.717) is 26.2 Å². The Balaban J connectivity index is 1.33. The Morgan fingerprint density at radius 2 is 1.71 bits per heavy atom.